The number of anilines is 1. The first-order chi connectivity index (χ1) is 16.6. The lowest BCUT2D eigenvalue weighted by molar-refractivity contribution is -0.116. The third kappa shape index (κ3) is 5.11. The third-order valence-corrected chi connectivity index (χ3v) is 6.08. The van der Waals surface area contributed by atoms with Gasteiger partial charge >= 0.3 is 0 Å². The van der Waals surface area contributed by atoms with E-state index >= 15 is 0 Å². The molecule has 0 N–H and O–H groups in total. The van der Waals surface area contributed by atoms with Crippen molar-refractivity contribution in [2.75, 3.05) is 24.3 Å². The van der Waals surface area contributed by atoms with Gasteiger partial charge in [0.1, 0.15) is 12.3 Å². The number of hydrogen-bond donors (Lipinski definition) is 0. The number of amides is 1. The van der Waals surface area contributed by atoms with Gasteiger partial charge in [-0.3, -0.25) is 14.3 Å². The molecule has 4 rings (SSSR count). The third-order valence-electron chi connectivity index (χ3n) is 5.16. The van der Waals surface area contributed by atoms with Gasteiger partial charge in [-0.2, -0.15) is 5.26 Å². The molecule has 0 aliphatic carbocycles. The summed E-state index contributed by atoms with van der Waals surface area (Å²) in [4.78, 5) is 14.5. The zero-order valence-corrected chi connectivity index (χ0v) is 19.7. The molecule has 34 heavy (non-hydrogen) atoms. The summed E-state index contributed by atoms with van der Waals surface area (Å²) in [5.41, 5.74) is 3.58. The van der Waals surface area contributed by atoms with Gasteiger partial charge in [-0.15, -0.1) is 10.2 Å². The molecule has 0 aliphatic heterocycles. The van der Waals surface area contributed by atoms with Gasteiger partial charge < -0.3 is 4.74 Å². The molecule has 7 nitrogen and oxygen atoms in total. The Bertz CT molecular complexity index is 1310. The van der Waals surface area contributed by atoms with Crippen LogP contribution in [0.1, 0.15) is 5.56 Å². The summed E-state index contributed by atoms with van der Waals surface area (Å²) in [7, 11) is 1.62. The maximum atomic E-state index is 13.0. The van der Waals surface area contributed by atoms with Crippen LogP contribution >= 0.6 is 11.8 Å². The van der Waals surface area contributed by atoms with E-state index < -0.39 is 0 Å². The molecule has 0 saturated heterocycles. The topological polar surface area (TPSA) is 84.0 Å². The first-order valence-corrected chi connectivity index (χ1v) is 11.6. The highest BCUT2D eigenvalue weighted by Gasteiger charge is 2.20. The van der Waals surface area contributed by atoms with Crippen molar-refractivity contribution in [1.82, 2.24) is 14.8 Å². The lowest BCUT2D eigenvalue weighted by atomic mass is 10.1. The van der Waals surface area contributed by atoms with E-state index in [0.29, 0.717) is 16.7 Å². The molecule has 0 unspecified atom stereocenters. The molecule has 0 spiro atoms. The Morgan fingerprint density at radius 1 is 1.06 bits per heavy atom. The highest BCUT2D eigenvalue weighted by molar-refractivity contribution is 7.99. The van der Waals surface area contributed by atoms with Crippen molar-refractivity contribution in [3.05, 3.63) is 84.4 Å². The number of aromatic nitrogens is 3. The van der Waals surface area contributed by atoms with Crippen molar-refractivity contribution < 1.29 is 9.53 Å². The molecule has 3 aromatic carbocycles. The number of carbonyl (C=O) groups is 1. The van der Waals surface area contributed by atoms with Crippen molar-refractivity contribution >= 4 is 23.4 Å². The Morgan fingerprint density at radius 2 is 1.82 bits per heavy atom. The fraction of sp³-hybridized carbons (Fsp3) is 0.154. The Morgan fingerprint density at radius 3 is 2.50 bits per heavy atom. The summed E-state index contributed by atoms with van der Waals surface area (Å²) >= 11 is 1.29. The second-order valence-electron chi connectivity index (χ2n) is 7.47. The summed E-state index contributed by atoms with van der Waals surface area (Å²) in [6, 6.07) is 26.9. The van der Waals surface area contributed by atoms with E-state index in [1.807, 2.05) is 90.4 Å². The zero-order chi connectivity index (χ0) is 23.9. The van der Waals surface area contributed by atoms with Crippen molar-refractivity contribution in [1.29, 1.82) is 5.26 Å². The van der Waals surface area contributed by atoms with Crippen LogP contribution in [-0.4, -0.2) is 40.1 Å². The summed E-state index contributed by atoms with van der Waals surface area (Å²) < 4.78 is 7.23. The number of thioether (sulfide) groups is 1. The Labute approximate surface area is 202 Å². The van der Waals surface area contributed by atoms with E-state index in [2.05, 4.69) is 16.3 Å². The number of nitrogens with zero attached hydrogens (tertiary/aromatic N) is 5. The predicted octanol–water partition coefficient (Wildman–Crippen LogP) is 4.90. The molecule has 0 atom stereocenters. The zero-order valence-electron chi connectivity index (χ0n) is 18.9. The number of aryl methyl sites for hydroxylation is 1. The summed E-state index contributed by atoms with van der Waals surface area (Å²) in [6.07, 6.45) is 0. The van der Waals surface area contributed by atoms with Crippen LogP contribution in [0.3, 0.4) is 0 Å². The largest absolute Gasteiger partial charge is 0.497 e. The number of para-hydroxylation sites is 1. The average Bonchev–Trinajstić information content (AvgIpc) is 3.30. The Balaban J connectivity index is 1.66. The van der Waals surface area contributed by atoms with Crippen LogP contribution in [0.25, 0.3) is 17.1 Å². The van der Waals surface area contributed by atoms with Gasteiger partial charge in [0.05, 0.1) is 18.9 Å². The van der Waals surface area contributed by atoms with Crippen molar-refractivity contribution in [2.24, 2.45) is 0 Å². The molecule has 1 amide bonds. The molecule has 0 bridgehead atoms. The summed E-state index contributed by atoms with van der Waals surface area (Å²) in [5, 5.41) is 18.7. The number of ether oxygens (including phenoxy) is 1. The van der Waals surface area contributed by atoms with E-state index in [0.717, 1.165) is 22.6 Å². The number of carbonyl (C=O) groups excluding carboxylic acids is 1. The van der Waals surface area contributed by atoms with Gasteiger partial charge in [-0.05, 0) is 49.4 Å². The lowest BCUT2D eigenvalue weighted by Crippen LogP contribution is -2.32. The second kappa shape index (κ2) is 10.7. The minimum atomic E-state index is -0.181. The van der Waals surface area contributed by atoms with Gasteiger partial charge in [-0.1, -0.05) is 53.7 Å². The SMILES string of the molecule is COc1ccc(-n2c(SCC(=O)N(CC#N)c3ccccc3)nnc2-c2cccc(C)c2)cc1. The Kier molecular flexibility index (Phi) is 7.25. The first-order valence-electron chi connectivity index (χ1n) is 10.6. The predicted molar refractivity (Wildman–Crippen MR) is 133 cm³/mol. The maximum Gasteiger partial charge on any atom is 0.238 e. The smallest absolute Gasteiger partial charge is 0.238 e. The number of rotatable bonds is 8. The van der Waals surface area contributed by atoms with Crippen LogP contribution in [0.15, 0.2) is 84.0 Å². The van der Waals surface area contributed by atoms with Crippen LogP contribution in [-0.2, 0) is 4.79 Å². The molecule has 0 fully saturated rings. The van der Waals surface area contributed by atoms with E-state index in [1.165, 1.54) is 16.7 Å². The molecule has 0 radical (unpaired) electrons. The highest BCUT2D eigenvalue weighted by Crippen LogP contribution is 2.29. The van der Waals surface area contributed by atoms with Crippen molar-refractivity contribution in [3.63, 3.8) is 0 Å². The number of methoxy groups -OCH3 is 1. The van der Waals surface area contributed by atoms with E-state index in [4.69, 9.17) is 4.74 Å². The lowest BCUT2D eigenvalue weighted by Gasteiger charge is -2.19. The fourth-order valence-electron chi connectivity index (χ4n) is 3.50. The van der Waals surface area contributed by atoms with E-state index in [9.17, 15) is 10.1 Å². The molecule has 170 valence electrons. The van der Waals surface area contributed by atoms with Gasteiger partial charge in [-0.25, -0.2) is 0 Å². The standard InChI is InChI=1S/C26H23N5O2S/c1-19-7-6-8-20(17-19)25-28-29-26(31(25)22-11-13-23(33-2)14-12-22)34-18-24(32)30(16-15-27)21-9-4-3-5-10-21/h3-14,17H,16,18H2,1-2H3. The molecule has 0 aliphatic rings. The monoisotopic (exact) mass is 469 g/mol. The number of benzene rings is 3. The highest BCUT2D eigenvalue weighted by atomic mass is 32.2. The molecule has 1 heterocycles. The maximum absolute atomic E-state index is 13.0. The Hall–Kier alpha value is -4.09. The number of hydrogen-bond acceptors (Lipinski definition) is 6. The minimum absolute atomic E-state index is 0.0247. The molecule has 1 aromatic heterocycles. The van der Waals surface area contributed by atoms with Crippen molar-refractivity contribution in [2.45, 2.75) is 12.1 Å². The molecule has 0 saturated carbocycles. The van der Waals surface area contributed by atoms with Crippen LogP contribution in [0.2, 0.25) is 0 Å². The van der Waals surface area contributed by atoms with Crippen LogP contribution in [0.4, 0.5) is 5.69 Å². The molecular formula is C26H23N5O2S. The van der Waals surface area contributed by atoms with Gasteiger partial charge in [0.25, 0.3) is 0 Å². The minimum Gasteiger partial charge on any atom is -0.497 e. The number of nitriles is 1. The second-order valence-corrected chi connectivity index (χ2v) is 8.41. The molecular weight excluding hydrogens is 446 g/mol. The van der Waals surface area contributed by atoms with Crippen LogP contribution in [0.5, 0.6) is 5.75 Å². The summed E-state index contributed by atoms with van der Waals surface area (Å²) in [5.74, 6) is 1.35. The van der Waals surface area contributed by atoms with Gasteiger partial charge in [0.2, 0.25) is 5.91 Å². The molecule has 8 heteroatoms. The molecule has 4 aromatic rings. The quantitative estimate of drug-likeness (QED) is 0.270. The van der Waals surface area contributed by atoms with E-state index in [-0.39, 0.29) is 18.2 Å². The fourth-order valence-corrected chi connectivity index (χ4v) is 4.33. The average molecular weight is 470 g/mol. The van der Waals surface area contributed by atoms with Gasteiger partial charge in [0, 0.05) is 16.9 Å². The van der Waals surface area contributed by atoms with E-state index in [1.54, 1.807) is 7.11 Å². The van der Waals surface area contributed by atoms with Gasteiger partial charge in [0.15, 0.2) is 11.0 Å². The normalized spacial score (nSPS) is 10.5. The first kappa shape index (κ1) is 23.1. The van der Waals surface area contributed by atoms with Crippen molar-refractivity contribution in [3.8, 4) is 28.9 Å². The van der Waals surface area contributed by atoms with Crippen LogP contribution < -0.4 is 9.64 Å². The summed E-state index contributed by atoms with van der Waals surface area (Å²) in [6.45, 7) is 2.00. The van der Waals surface area contributed by atoms with Crippen LogP contribution in [0, 0.1) is 18.3 Å².